The van der Waals surface area contributed by atoms with E-state index in [-0.39, 0.29) is 12.3 Å². The molecular weight excluding hydrogens is 372 g/mol. The average Bonchev–Trinajstić information content (AvgIpc) is 3.07. The van der Waals surface area contributed by atoms with Crippen LogP contribution < -0.4 is 5.32 Å². The van der Waals surface area contributed by atoms with Crippen LogP contribution in [0.5, 0.6) is 0 Å². The summed E-state index contributed by atoms with van der Waals surface area (Å²) in [5, 5.41) is 8.16. The van der Waals surface area contributed by atoms with Gasteiger partial charge >= 0.3 is 0 Å². The minimum atomic E-state index is -0.0304. The van der Waals surface area contributed by atoms with Crippen LogP contribution in [-0.4, -0.2) is 50.7 Å². The Morgan fingerprint density at radius 2 is 1.89 bits per heavy atom. The smallest absolute Gasteiger partial charge is 0.253 e. The highest BCUT2D eigenvalue weighted by Crippen LogP contribution is 2.17. The van der Waals surface area contributed by atoms with Crippen molar-refractivity contribution in [3.8, 4) is 0 Å². The van der Waals surface area contributed by atoms with Gasteiger partial charge in [0.05, 0.1) is 6.42 Å². The lowest BCUT2D eigenvalue weighted by Crippen LogP contribution is -2.26. The molecule has 0 bridgehead atoms. The first-order chi connectivity index (χ1) is 13.4. The maximum absolute atomic E-state index is 12.6. The Morgan fingerprint density at radius 1 is 1.18 bits per heavy atom. The second-order valence-electron chi connectivity index (χ2n) is 7.03. The van der Waals surface area contributed by atoms with E-state index in [4.69, 9.17) is 0 Å². The first-order valence-corrected chi connectivity index (χ1v) is 10.4. The molecule has 3 aromatic rings. The van der Waals surface area contributed by atoms with Crippen LogP contribution in [0.15, 0.2) is 29.4 Å². The molecule has 0 unspecified atom stereocenters. The third-order valence-electron chi connectivity index (χ3n) is 4.63. The summed E-state index contributed by atoms with van der Waals surface area (Å²) in [6.45, 7) is 5.22. The van der Waals surface area contributed by atoms with Gasteiger partial charge in [-0.25, -0.2) is 9.50 Å². The van der Waals surface area contributed by atoms with Crippen molar-refractivity contribution in [3.05, 3.63) is 52.3 Å². The molecule has 28 heavy (non-hydrogen) atoms. The number of nitrogens with zero attached hydrogens (tertiary/aromatic N) is 5. The van der Waals surface area contributed by atoms with Crippen LogP contribution in [0.4, 0.5) is 0 Å². The van der Waals surface area contributed by atoms with Gasteiger partial charge in [0.15, 0.2) is 0 Å². The molecule has 0 spiro atoms. The van der Waals surface area contributed by atoms with Crippen LogP contribution in [0.3, 0.4) is 0 Å². The lowest BCUT2D eigenvalue weighted by molar-refractivity contribution is -0.120. The van der Waals surface area contributed by atoms with Gasteiger partial charge in [-0.15, -0.1) is 5.10 Å². The average molecular weight is 399 g/mol. The Bertz CT molecular complexity index is 998. The maximum atomic E-state index is 12.6. The molecule has 0 saturated carbocycles. The molecule has 1 amide bonds. The van der Waals surface area contributed by atoms with E-state index in [0.717, 1.165) is 29.1 Å². The number of hydrogen-bond donors (Lipinski definition) is 1. The molecule has 0 radical (unpaired) electrons. The lowest BCUT2D eigenvalue weighted by Gasteiger charge is -2.15. The zero-order valence-corrected chi connectivity index (χ0v) is 17.8. The highest BCUT2D eigenvalue weighted by Gasteiger charge is 2.16. The molecule has 7 nitrogen and oxygen atoms in total. The molecule has 0 fully saturated rings. The number of rotatable bonds is 7. The molecule has 0 aliphatic heterocycles. The van der Waals surface area contributed by atoms with Gasteiger partial charge in [0.1, 0.15) is 0 Å². The SMILES string of the molecule is CSc1nc2nc(C)c(CC(=O)NCc3ccccc3CN(C)C)c(C)n2n1. The van der Waals surface area contributed by atoms with Crippen LogP contribution in [-0.2, 0) is 24.3 Å². The fraction of sp³-hybridized carbons (Fsp3) is 0.400. The number of hydrogen-bond acceptors (Lipinski definition) is 6. The van der Waals surface area contributed by atoms with E-state index >= 15 is 0 Å². The maximum Gasteiger partial charge on any atom is 0.253 e. The molecular formula is C20H26N6OS. The third-order valence-corrected chi connectivity index (χ3v) is 5.17. The Balaban J connectivity index is 1.74. The summed E-state index contributed by atoms with van der Waals surface area (Å²) < 4.78 is 1.72. The summed E-state index contributed by atoms with van der Waals surface area (Å²) in [7, 11) is 4.08. The summed E-state index contributed by atoms with van der Waals surface area (Å²) in [6.07, 6.45) is 2.20. The second kappa shape index (κ2) is 8.70. The zero-order valence-electron chi connectivity index (χ0n) is 17.0. The van der Waals surface area contributed by atoms with Crippen LogP contribution in [0.25, 0.3) is 5.78 Å². The molecule has 0 atom stereocenters. The number of aryl methyl sites for hydroxylation is 2. The van der Waals surface area contributed by atoms with Crippen molar-refractivity contribution in [1.29, 1.82) is 0 Å². The van der Waals surface area contributed by atoms with Crippen LogP contribution in [0, 0.1) is 13.8 Å². The summed E-state index contributed by atoms with van der Waals surface area (Å²) in [5.41, 5.74) is 4.96. The zero-order chi connectivity index (χ0) is 20.3. The minimum Gasteiger partial charge on any atom is -0.352 e. The van der Waals surface area contributed by atoms with E-state index in [1.54, 1.807) is 4.52 Å². The van der Waals surface area contributed by atoms with E-state index in [0.29, 0.717) is 17.5 Å². The first kappa shape index (κ1) is 20.3. The van der Waals surface area contributed by atoms with E-state index in [1.165, 1.54) is 17.3 Å². The van der Waals surface area contributed by atoms with Crippen molar-refractivity contribution in [3.63, 3.8) is 0 Å². The highest BCUT2D eigenvalue weighted by molar-refractivity contribution is 7.98. The lowest BCUT2D eigenvalue weighted by atomic mass is 10.1. The predicted octanol–water partition coefficient (Wildman–Crippen LogP) is 2.38. The largest absolute Gasteiger partial charge is 0.352 e. The Hall–Kier alpha value is -2.45. The van der Waals surface area contributed by atoms with E-state index < -0.39 is 0 Å². The summed E-state index contributed by atoms with van der Waals surface area (Å²) in [6, 6.07) is 8.18. The third kappa shape index (κ3) is 4.51. The number of nitrogens with one attached hydrogen (secondary N) is 1. The van der Waals surface area contributed by atoms with Gasteiger partial charge in [-0.3, -0.25) is 4.79 Å². The molecule has 2 heterocycles. The molecule has 2 aromatic heterocycles. The molecule has 8 heteroatoms. The number of benzene rings is 1. The Morgan fingerprint density at radius 3 is 2.57 bits per heavy atom. The number of thioether (sulfide) groups is 1. The summed E-state index contributed by atoms with van der Waals surface area (Å²) in [4.78, 5) is 23.6. The number of fused-ring (bicyclic) bond motifs is 1. The number of carbonyl (C=O) groups excluding carboxylic acids is 1. The number of carbonyl (C=O) groups is 1. The predicted molar refractivity (Wildman–Crippen MR) is 111 cm³/mol. The topological polar surface area (TPSA) is 75.4 Å². The van der Waals surface area contributed by atoms with Crippen molar-refractivity contribution >= 4 is 23.4 Å². The standard InChI is InChI=1S/C20H26N6OS/c1-13-17(14(2)26-19(22-13)23-20(24-26)28-5)10-18(27)21-11-15-8-6-7-9-16(15)12-25(3)4/h6-9H,10-12H2,1-5H3,(H,21,27). The van der Waals surface area contributed by atoms with E-state index in [9.17, 15) is 4.79 Å². The molecule has 0 aliphatic carbocycles. The fourth-order valence-corrected chi connectivity index (χ4v) is 3.51. The highest BCUT2D eigenvalue weighted by atomic mass is 32.2. The quantitative estimate of drug-likeness (QED) is 0.616. The van der Waals surface area contributed by atoms with Gasteiger partial charge < -0.3 is 10.2 Å². The summed E-state index contributed by atoms with van der Waals surface area (Å²) in [5.74, 6) is 0.540. The normalized spacial score (nSPS) is 11.4. The fourth-order valence-electron chi connectivity index (χ4n) is 3.17. The molecule has 0 saturated heterocycles. The van der Waals surface area contributed by atoms with E-state index in [2.05, 4.69) is 37.4 Å². The van der Waals surface area contributed by atoms with Gasteiger partial charge in [-0.05, 0) is 45.3 Å². The first-order valence-electron chi connectivity index (χ1n) is 9.14. The molecule has 148 valence electrons. The van der Waals surface area contributed by atoms with Crippen molar-refractivity contribution in [1.82, 2.24) is 29.8 Å². The molecule has 1 N–H and O–H groups in total. The van der Waals surface area contributed by atoms with E-state index in [1.807, 2.05) is 46.3 Å². The van der Waals surface area contributed by atoms with Crippen LogP contribution in [0.1, 0.15) is 28.1 Å². The van der Waals surface area contributed by atoms with Crippen molar-refractivity contribution < 1.29 is 4.79 Å². The van der Waals surface area contributed by atoms with Crippen LogP contribution >= 0.6 is 11.8 Å². The Kier molecular flexibility index (Phi) is 6.31. The molecule has 0 aliphatic rings. The molecule has 3 rings (SSSR count). The van der Waals surface area contributed by atoms with Gasteiger partial charge in [0.2, 0.25) is 11.1 Å². The molecule has 1 aromatic carbocycles. The van der Waals surface area contributed by atoms with Crippen molar-refractivity contribution in [2.45, 2.75) is 38.5 Å². The van der Waals surface area contributed by atoms with Crippen molar-refractivity contribution in [2.24, 2.45) is 0 Å². The number of amides is 1. The Labute approximate surface area is 169 Å². The minimum absolute atomic E-state index is 0.0304. The van der Waals surface area contributed by atoms with Gasteiger partial charge in [0, 0.05) is 30.0 Å². The summed E-state index contributed by atoms with van der Waals surface area (Å²) >= 11 is 1.47. The van der Waals surface area contributed by atoms with Gasteiger partial charge in [-0.2, -0.15) is 4.98 Å². The van der Waals surface area contributed by atoms with Gasteiger partial charge in [0.25, 0.3) is 5.78 Å². The second-order valence-corrected chi connectivity index (χ2v) is 7.80. The van der Waals surface area contributed by atoms with Crippen molar-refractivity contribution in [2.75, 3.05) is 20.4 Å². The monoisotopic (exact) mass is 398 g/mol. The van der Waals surface area contributed by atoms with Gasteiger partial charge in [-0.1, -0.05) is 36.0 Å². The van der Waals surface area contributed by atoms with Crippen LogP contribution in [0.2, 0.25) is 0 Å². The number of aromatic nitrogens is 4.